The molecule has 2 nitrogen and oxygen atoms in total. The number of benzene rings is 1. The SMILES string of the molecule is CCN(CCNC(C)C)Cc1cccc(F)c1F. The van der Waals surface area contributed by atoms with Crippen LogP contribution in [0.4, 0.5) is 8.78 Å². The van der Waals surface area contributed by atoms with E-state index in [1.807, 2.05) is 6.92 Å². The highest BCUT2D eigenvalue weighted by Crippen LogP contribution is 2.13. The molecule has 0 aliphatic carbocycles. The van der Waals surface area contributed by atoms with Crippen molar-refractivity contribution in [1.29, 1.82) is 0 Å². The van der Waals surface area contributed by atoms with Gasteiger partial charge in [0.15, 0.2) is 11.6 Å². The van der Waals surface area contributed by atoms with Crippen LogP contribution in [-0.4, -0.2) is 30.6 Å². The van der Waals surface area contributed by atoms with E-state index in [1.54, 1.807) is 12.1 Å². The molecule has 0 unspecified atom stereocenters. The standard InChI is InChI=1S/C14H22F2N2/c1-4-18(9-8-17-11(2)3)10-12-6-5-7-13(15)14(12)16/h5-7,11,17H,4,8-10H2,1-3H3. The van der Waals surface area contributed by atoms with Crippen molar-refractivity contribution >= 4 is 0 Å². The van der Waals surface area contributed by atoms with Crippen molar-refractivity contribution < 1.29 is 8.78 Å². The lowest BCUT2D eigenvalue weighted by atomic mass is 10.2. The minimum atomic E-state index is -0.774. The molecule has 0 atom stereocenters. The van der Waals surface area contributed by atoms with Gasteiger partial charge in [0.05, 0.1) is 0 Å². The molecule has 102 valence electrons. The molecule has 0 aliphatic heterocycles. The number of hydrogen-bond donors (Lipinski definition) is 1. The molecule has 0 saturated carbocycles. The first kappa shape index (κ1) is 15.1. The fraction of sp³-hybridized carbons (Fsp3) is 0.571. The maximum absolute atomic E-state index is 13.5. The summed E-state index contributed by atoms with van der Waals surface area (Å²) in [5.74, 6) is -1.50. The van der Waals surface area contributed by atoms with E-state index in [9.17, 15) is 8.78 Å². The average molecular weight is 256 g/mol. The molecule has 0 heterocycles. The molecule has 0 amide bonds. The number of hydrogen-bond acceptors (Lipinski definition) is 2. The van der Waals surface area contributed by atoms with Crippen LogP contribution in [0.25, 0.3) is 0 Å². The van der Waals surface area contributed by atoms with Gasteiger partial charge < -0.3 is 5.32 Å². The zero-order valence-corrected chi connectivity index (χ0v) is 11.3. The third-order valence-corrected chi connectivity index (χ3v) is 2.85. The fourth-order valence-electron chi connectivity index (χ4n) is 1.77. The maximum atomic E-state index is 13.5. The minimum absolute atomic E-state index is 0.418. The first-order valence-corrected chi connectivity index (χ1v) is 6.43. The topological polar surface area (TPSA) is 15.3 Å². The summed E-state index contributed by atoms with van der Waals surface area (Å²) in [4.78, 5) is 2.09. The minimum Gasteiger partial charge on any atom is -0.313 e. The van der Waals surface area contributed by atoms with E-state index in [0.717, 1.165) is 25.7 Å². The molecule has 0 fully saturated rings. The van der Waals surface area contributed by atoms with Crippen molar-refractivity contribution in [3.05, 3.63) is 35.4 Å². The van der Waals surface area contributed by atoms with Gasteiger partial charge in [-0.2, -0.15) is 0 Å². The van der Waals surface area contributed by atoms with Crippen molar-refractivity contribution in [1.82, 2.24) is 10.2 Å². The molecule has 1 N–H and O–H groups in total. The first-order chi connectivity index (χ1) is 8.54. The predicted octanol–water partition coefficient (Wildman–Crippen LogP) is 2.78. The normalized spacial score (nSPS) is 11.5. The van der Waals surface area contributed by atoms with Crippen LogP contribution in [0, 0.1) is 11.6 Å². The molecule has 18 heavy (non-hydrogen) atoms. The Labute approximate surface area is 108 Å². The number of nitrogens with zero attached hydrogens (tertiary/aromatic N) is 1. The molecule has 4 heteroatoms. The lowest BCUT2D eigenvalue weighted by Gasteiger charge is -2.21. The van der Waals surface area contributed by atoms with Crippen LogP contribution in [0.3, 0.4) is 0 Å². The summed E-state index contributed by atoms with van der Waals surface area (Å²) in [6.07, 6.45) is 0. The van der Waals surface area contributed by atoms with Crippen LogP contribution >= 0.6 is 0 Å². The number of nitrogens with one attached hydrogen (secondary N) is 1. The van der Waals surface area contributed by atoms with Gasteiger partial charge in [-0.15, -0.1) is 0 Å². The quantitative estimate of drug-likeness (QED) is 0.807. The van der Waals surface area contributed by atoms with Crippen LogP contribution in [-0.2, 0) is 6.54 Å². The van der Waals surface area contributed by atoms with Gasteiger partial charge >= 0.3 is 0 Å². The highest BCUT2D eigenvalue weighted by molar-refractivity contribution is 5.18. The number of likely N-dealkylation sites (N-methyl/N-ethyl adjacent to an activating group) is 1. The Balaban J connectivity index is 2.54. The molecule has 0 aromatic heterocycles. The fourth-order valence-corrected chi connectivity index (χ4v) is 1.77. The third kappa shape index (κ3) is 4.70. The Morgan fingerprint density at radius 2 is 2.00 bits per heavy atom. The Hall–Kier alpha value is -1.00. The van der Waals surface area contributed by atoms with Crippen LogP contribution in [0.15, 0.2) is 18.2 Å². The van der Waals surface area contributed by atoms with Gasteiger partial charge in [0.25, 0.3) is 0 Å². The molecule has 0 saturated heterocycles. The Morgan fingerprint density at radius 3 is 2.61 bits per heavy atom. The van der Waals surface area contributed by atoms with E-state index >= 15 is 0 Å². The molecule has 1 rings (SSSR count). The predicted molar refractivity (Wildman–Crippen MR) is 70.4 cm³/mol. The zero-order chi connectivity index (χ0) is 13.5. The summed E-state index contributed by atoms with van der Waals surface area (Å²) in [7, 11) is 0. The van der Waals surface area contributed by atoms with Crippen molar-refractivity contribution in [3.8, 4) is 0 Å². The molecule has 1 aromatic carbocycles. The number of rotatable bonds is 7. The monoisotopic (exact) mass is 256 g/mol. The summed E-state index contributed by atoms with van der Waals surface area (Å²) in [5, 5.41) is 3.31. The summed E-state index contributed by atoms with van der Waals surface area (Å²) < 4.78 is 26.6. The molecule has 0 spiro atoms. The molecular formula is C14H22F2N2. The molecule has 1 aromatic rings. The Kier molecular flexibility index (Phi) is 6.22. The highest BCUT2D eigenvalue weighted by atomic mass is 19.2. The van der Waals surface area contributed by atoms with Crippen LogP contribution < -0.4 is 5.32 Å². The average Bonchev–Trinajstić information content (AvgIpc) is 2.33. The largest absolute Gasteiger partial charge is 0.313 e. The van der Waals surface area contributed by atoms with E-state index in [4.69, 9.17) is 0 Å². The van der Waals surface area contributed by atoms with Crippen molar-refractivity contribution in [2.24, 2.45) is 0 Å². The van der Waals surface area contributed by atoms with Gasteiger partial charge in [0.1, 0.15) is 0 Å². The Bertz CT molecular complexity index is 367. The van der Waals surface area contributed by atoms with E-state index < -0.39 is 11.6 Å². The zero-order valence-electron chi connectivity index (χ0n) is 11.3. The summed E-state index contributed by atoms with van der Waals surface area (Å²) in [6, 6.07) is 4.77. The Morgan fingerprint density at radius 1 is 1.28 bits per heavy atom. The second-order valence-corrected chi connectivity index (χ2v) is 4.69. The van der Waals surface area contributed by atoms with E-state index in [2.05, 4.69) is 24.1 Å². The van der Waals surface area contributed by atoms with Crippen molar-refractivity contribution in [3.63, 3.8) is 0 Å². The van der Waals surface area contributed by atoms with E-state index in [1.165, 1.54) is 0 Å². The summed E-state index contributed by atoms with van der Waals surface area (Å²) >= 11 is 0. The van der Waals surface area contributed by atoms with Crippen LogP contribution in [0.1, 0.15) is 26.3 Å². The van der Waals surface area contributed by atoms with Gasteiger partial charge in [-0.25, -0.2) is 8.78 Å². The van der Waals surface area contributed by atoms with Crippen LogP contribution in [0.2, 0.25) is 0 Å². The molecule has 0 radical (unpaired) electrons. The molecular weight excluding hydrogens is 234 g/mol. The van der Waals surface area contributed by atoms with Gasteiger partial charge in [0, 0.05) is 31.2 Å². The van der Waals surface area contributed by atoms with Crippen molar-refractivity contribution in [2.45, 2.75) is 33.4 Å². The van der Waals surface area contributed by atoms with Gasteiger partial charge in [-0.3, -0.25) is 4.90 Å². The number of halogens is 2. The second-order valence-electron chi connectivity index (χ2n) is 4.69. The van der Waals surface area contributed by atoms with Crippen LogP contribution in [0.5, 0.6) is 0 Å². The molecule has 0 aliphatic rings. The lowest BCUT2D eigenvalue weighted by Crippen LogP contribution is -2.34. The maximum Gasteiger partial charge on any atom is 0.163 e. The van der Waals surface area contributed by atoms with Gasteiger partial charge in [-0.05, 0) is 12.6 Å². The van der Waals surface area contributed by atoms with E-state index in [-0.39, 0.29) is 0 Å². The van der Waals surface area contributed by atoms with Crippen molar-refractivity contribution in [2.75, 3.05) is 19.6 Å². The van der Waals surface area contributed by atoms with Gasteiger partial charge in [0.2, 0.25) is 0 Å². The summed E-state index contributed by atoms with van der Waals surface area (Å²) in [6.45, 7) is 9.13. The smallest absolute Gasteiger partial charge is 0.163 e. The molecule has 0 bridgehead atoms. The highest BCUT2D eigenvalue weighted by Gasteiger charge is 2.11. The second kappa shape index (κ2) is 7.44. The lowest BCUT2D eigenvalue weighted by molar-refractivity contribution is 0.271. The first-order valence-electron chi connectivity index (χ1n) is 6.43. The third-order valence-electron chi connectivity index (χ3n) is 2.85. The van der Waals surface area contributed by atoms with Gasteiger partial charge in [-0.1, -0.05) is 32.9 Å². The van der Waals surface area contributed by atoms with E-state index in [0.29, 0.717) is 18.2 Å². The summed E-state index contributed by atoms with van der Waals surface area (Å²) in [5.41, 5.74) is 0.418.